The number of hydrogen-bond donors (Lipinski definition) is 3. The van der Waals surface area contributed by atoms with Gasteiger partial charge in [0.1, 0.15) is 0 Å². The Morgan fingerprint density at radius 1 is 1.31 bits per heavy atom. The monoisotopic (exact) mass is 231 g/mol. The van der Waals surface area contributed by atoms with E-state index in [0.29, 0.717) is 19.8 Å². The van der Waals surface area contributed by atoms with Crippen molar-refractivity contribution < 1.29 is 14.9 Å². The first kappa shape index (κ1) is 13.9. The maximum Gasteiger partial charge on any atom is 0.0897 e. The first-order valence-corrected chi connectivity index (χ1v) is 6.34. The minimum Gasteiger partial charge on any atom is -0.394 e. The second kappa shape index (κ2) is 7.22. The van der Waals surface area contributed by atoms with E-state index in [9.17, 15) is 10.2 Å². The highest BCUT2D eigenvalue weighted by atomic mass is 16.5. The summed E-state index contributed by atoms with van der Waals surface area (Å²) in [5, 5.41) is 22.4. The number of aliphatic hydroxyl groups excluding tert-OH is 2. The third-order valence-corrected chi connectivity index (χ3v) is 3.34. The summed E-state index contributed by atoms with van der Waals surface area (Å²) < 4.78 is 5.15. The highest BCUT2D eigenvalue weighted by Crippen LogP contribution is 2.27. The molecule has 0 saturated heterocycles. The minimum absolute atomic E-state index is 0.161. The zero-order valence-corrected chi connectivity index (χ0v) is 10.2. The predicted octanol–water partition coefficient (Wildman–Crippen LogP) is 0.669. The molecular weight excluding hydrogens is 206 g/mol. The summed E-state index contributed by atoms with van der Waals surface area (Å²) in [7, 11) is 0. The second-order valence-electron chi connectivity index (χ2n) is 4.69. The molecule has 0 aliphatic heterocycles. The molecule has 0 amide bonds. The van der Waals surface area contributed by atoms with Crippen LogP contribution in [0.1, 0.15) is 39.0 Å². The van der Waals surface area contributed by atoms with Gasteiger partial charge in [0.15, 0.2) is 0 Å². The van der Waals surface area contributed by atoms with Gasteiger partial charge < -0.3 is 20.3 Å². The van der Waals surface area contributed by atoms with E-state index < -0.39 is 6.10 Å². The quantitative estimate of drug-likeness (QED) is 0.602. The van der Waals surface area contributed by atoms with Gasteiger partial charge in [-0.05, 0) is 19.8 Å². The molecule has 0 aromatic carbocycles. The van der Waals surface area contributed by atoms with E-state index in [2.05, 4.69) is 5.32 Å². The molecule has 0 aromatic heterocycles. The van der Waals surface area contributed by atoms with E-state index in [1.165, 1.54) is 6.42 Å². The summed E-state index contributed by atoms with van der Waals surface area (Å²) in [4.78, 5) is 0. The van der Waals surface area contributed by atoms with E-state index >= 15 is 0 Å². The first-order chi connectivity index (χ1) is 7.72. The second-order valence-corrected chi connectivity index (χ2v) is 4.69. The molecule has 0 bridgehead atoms. The van der Waals surface area contributed by atoms with Crippen LogP contribution < -0.4 is 5.32 Å². The van der Waals surface area contributed by atoms with Gasteiger partial charge in [0.05, 0.1) is 19.3 Å². The lowest BCUT2D eigenvalue weighted by molar-refractivity contribution is 0.0300. The molecule has 0 spiro atoms. The Hall–Kier alpha value is -0.160. The number of hydrogen-bond acceptors (Lipinski definition) is 4. The highest BCUT2D eigenvalue weighted by molar-refractivity contribution is 4.90. The van der Waals surface area contributed by atoms with Crippen LogP contribution in [0.3, 0.4) is 0 Å². The molecular formula is C12H25NO3. The zero-order valence-electron chi connectivity index (χ0n) is 10.2. The molecule has 4 heteroatoms. The molecule has 1 aliphatic carbocycles. The molecule has 1 rings (SSSR count). The van der Waals surface area contributed by atoms with Gasteiger partial charge in [-0.25, -0.2) is 0 Å². The van der Waals surface area contributed by atoms with Crippen molar-refractivity contribution in [3.63, 3.8) is 0 Å². The Kier molecular flexibility index (Phi) is 6.28. The normalized spacial score (nSPS) is 21.9. The summed E-state index contributed by atoms with van der Waals surface area (Å²) >= 11 is 0. The Balaban J connectivity index is 2.27. The first-order valence-electron chi connectivity index (χ1n) is 6.34. The third kappa shape index (κ3) is 4.37. The average molecular weight is 231 g/mol. The molecule has 1 atom stereocenters. The van der Waals surface area contributed by atoms with Crippen LogP contribution in [0.5, 0.6) is 0 Å². The number of rotatable bonds is 7. The molecule has 0 aromatic rings. The lowest BCUT2D eigenvalue weighted by Gasteiger charge is -2.37. The predicted molar refractivity (Wildman–Crippen MR) is 63.4 cm³/mol. The summed E-state index contributed by atoms with van der Waals surface area (Å²) in [5.74, 6) is 0. The molecule has 1 saturated carbocycles. The number of ether oxygens (including phenoxy) is 1. The van der Waals surface area contributed by atoms with Gasteiger partial charge >= 0.3 is 0 Å². The molecule has 1 aliphatic rings. The topological polar surface area (TPSA) is 61.7 Å². The maximum absolute atomic E-state index is 9.65. The summed E-state index contributed by atoms with van der Waals surface area (Å²) in [6, 6.07) is 0. The van der Waals surface area contributed by atoms with Crippen LogP contribution in [0.25, 0.3) is 0 Å². The standard InChI is InChI=1S/C12H25NO3/c1-2-16-9-11(15)8-13-12(10-14)6-4-3-5-7-12/h11,13-15H,2-10H2,1H3. The third-order valence-electron chi connectivity index (χ3n) is 3.34. The van der Waals surface area contributed by atoms with Crippen molar-refractivity contribution in [2.45, 2.75) is 50.7 Å². The van der Waals surface area contributed by atoms with Gasteiger partial charge in [0, 0.05) is 18.7 Å². The zero-order chi connectivity index (χ0) is 11.9. The van der Waals surface area contributed by atoms with Crippen molar-refractivity contribution in [3.8, 4) is 0 Å². The average Bonchev–Trinajstić information content (AvgIpc) is 2.35. The van der Waals surface area contributed by atoms with Crippen LogP contribution >= 0.6 is 0 Å². The van der Waals surface area contributed by atoms with Crippen LogP contribution in [0.2, 0.25) is 0 Å². The molecule has 3 N–H and O–H groups in total. The fourth-order valence-corrected chi connectivity index (χ4v) is 2.27. The van der Waals surface area contributed by atoms with E-state index in [0.717, 1.165) is 25.7 Å². The van der Waals surface area contributed by atoms with Crippen LogP contribution in [-0.2, 0) is 4.74 Å². The van der Waals surface area contributed by atoms with E-state index in [4.69, 9.17) is 4.74 Å². The van der Waals surface area contributed by atoms with Crippen molar-refractivity contribution in [1.82, 2.24) is 5.32 Å². The van der Waals surface area contributed by atoms with Crippen LogP contribution in [0.15, 0.2) is 0 Å². The Morgan fingerprint density at radius 2 is 2.00 bits per heavy atom. The highest BCUT2D eigenvalue weighted by Gasteiger charge is 2.31. The van der Waals surface area contributed by atoms with Crippen molar-refractivity contribution in [1.29, 1.82) is 0 Å². The molecule has 0 heterocycles. The molecule has 1 fully saturated rings. The molecule has 96 valence electrons. The van der Waals surface area contributed by atoms with Gasteiger partial charge in [0.2, 0.25) is 0 Å². The Bertz CT molecular complexity index is 181. The van der Waals surface area contributed by atoms with Gasteiger partial charge in [0.25, 0.3) is 0 Å². The van der Waals surface area contributed by atoms with Crippen LogP contribution in [0, 0.1) is 0 Å². The largest absolute Gasteiger partial charge is 0.394 e. The van der Waals surface area contributed by atoms with E-state index in [-0.39, 0.29) is 12.1 Å². The summed E-state index contributed by atoms with van der Waals surface area (Å²) in [5.41, 5.74) is -0.161. The Morgan fingerprint density at radius 3 is 2.56 bits per heavy atom. The Labute approximate surface area is 98.0 Å². The minimum atomic E-state index is -0.481. The molecule has 4 nitrogen and oxygen atoms in total. The lowest BCUT2D eigenvalue weighted by Crippen LogP contribution is -2.52. The van der Waals surface area contributed by atoms with Gasteiger partial charge in [-0.3, -0.25) is 0 Å². The van der Waals surface area contributed by atoms with Gasteiger partial charge in [-0.1, -0.05) is 19.3 Å². The maximum atomic E-state index is 9.65. The van der Waals surface area contributed by atoms with Gasteiger partial charge in [-0.2, -0.15) is 0 Å². The summed E-state index contributed by atoms with van der Waals surface area (Å²) in [6.07, 6.45) is 5.11. The van der Waals surface area contributed by atoms with Crippen LogP contribution in [0.4, 0.5) is 0 Å². The lowest BCUT2D eigenvalue weighted by atomic mass is 9.82. The van der Waals surface area contributed by atoms with Gasteiger partial charge in [-0.15, -0.1) is 0 Å². The van der Waals surface area contributed by atoms with Crippen molar-refractivity contribution in [2.24, 2.45) is 0 Å². The number of nitrogens with one attached hydrogen (secondary N) is 1. The van der Waals surface area contributed by atoms with Crippen LogP contribution in [-0.4, -0.2) is 48.2 Å². The SMILES string of the molecule is CCOCC(O)CNC1(CO)CCCCC1. The van der Waals surface area contributed by atoms with E-state index in [1.807, 2.05) is 6.92 Å². The van der Waals surface area contributed by atoms with Crippen molar-refractivity contribution in [2.75, 3.05) is 26.4 Å². The van der Waals surface area contributed by atoms with Crippen molar-refractivity contribution >= 4 is 0 Å². The number of β-amino-alcohol motifs (C(OH)–C–C–N with tert-alkyl or cyclic N) is 1. The number of aliphatic hydroxyl groups is 2. The molecule has 0 radical (unpaired) electrons. The molecule has 1 unspecified atom stereocenters. The fourth-order valence-electron chi connectivity index (χ4n) is 2.27. The van der Waals surface area contributed by atoms with E-state index in [1.54, 1.807) is 0 Å². The van der Waals surface area contributed by atoms with Crippen molar-refractivity contribution in [3.05, 3.63) is 0 Å². The molecule has 16 heavy (non-hydrogen) atoms. The smallest absolute Gasteiger partial charge is 0.0897 e. The summed E-state index contributed by atoms with van der Waals surface area (Å²) in [6.45, 7) is 3.57. The fraction of sp³-hybridized carbons (Fsp3) is 1.00.